The maximum atomic E-state index is 11.8. The van der Waals surface area contributed by atoms with Gasteiger partial charge in [0.25, 0.3) is 0 Å². The average molecular weight is 197 g/mol. The van der Waals surface area contributed by atoms with Gasteiger partial charge in [0.15, 0.2) is 0 Å². The molecule has 0 aliphatic carbocycles. The molecule has 1 N–H and O–H groups in total. The summed E-state index contributed by atoms with van der Waals surface area (Å²) < 4.78 is 17.0. The van der Waals surface area contributed by atoms with Crippen molar-refractivity contribution in [3.63, 3.8) is 0 Å². The molecule has 1 aromatic carbocycles. The number of ether oxygens (including phenoxy) is 1. The highest BCUT2D eigenvalue weighted by Crippen LogP contribution is 2.12. The first kappa shape index (κ1) is 11.0. The van der Waals surface area contributed by atoms with E-state index in [1.54, 1.807) is 0 Å². The van der Waals surface area contributed by atoms with E-state index < -0.39 is 6.67 Å². The Kier molecular flexibility index (Phi) is 5.00. The second kappa shape index (κ2) is 6.38. The van der Waals surface area contributed by atoms with E-state index in [4.69, 9.17) is 4.74 Å². The molecule has 0 aromatic heterocycles. The van der Waals surface area contributed by atoms with Crippen molar-refractivity contribution in [1.29, 1.82) is 0 Å². The highest BCUT2D eigenvalue weighted by atomic mass is 19.1. The molecule has 0 atom stereocenters. The van der Waals surface area contributed by atoms with Crippen molar-refractivity contribution >= 4 is 0 Å². The van der Waals surface area contributed by atoms with Crippen LogP contribution in [0.2, 0.25) is 0 Å². The summed E-state index contributed by atoms with van der Waals surface area (Å²) in [6, 6.07) is 7.70. The second-order valence-electron chi connectivity index (χ2n) is 2.97. The van der Waals surface area contributed by atoms with Gasteiger partial charge < -0.3 is 10.1 Å². The predicted molar refractivity (Wildman–Crippen MR) is 55.3 cm³/mol. The zero-order valence-electron chi connectivity index (χ0n) is 8.42. The van der Waals surface area contributed by atoms with Crippen molar-refractivity contribution in [2.45, 2.75) is 13.5 Å². The van der Waals surface area contributed by atoms with E-state index >= 15 is 0 Å². The van der Waals surface area contributed by atoms with Crippen molar-refractivity contribution in [3.8, 4) is 5.75 Å². The van der Waals surface area contributed by atoms with Crippen LogP contribution in [0.15, 0.2) is 24.3 Å². The molecule has 0 fully saturated rings. The van der Waals surface area contributed by atoms with Gasteiger partial charge in [-0.3, -0.25) is 0 Å². The van der Waals surface area contributed by atoms with Crippen molar-refractivity contribution in [3.05, 3.63) is 29.8 Å². The zero-order chi connectivity index (χ0) is 10.2. The highest BCUT2D eigenvalue weighted by molar-refractivity contribution is 5.28. The summed E-state index contributed by atoms with van der Waals surface area (Å²) >= 11 is 0. The van der Waals surface area contributed by atoms with Gasteiger partial charge in [-0.25, -0.2) is 4.39 Å². The monoisotopic (exact) mass is 197 g/mol. The minimum absolute atomic E-state index is 0.130. The van der Waals surface area contributed by atoms with E-state index in [-0.39, 0.29) is 6.61 Å². The molecule has 0 saturated heterocycles. The molecule has 0 spiro atoms. The number of alkyl halides is 1. The van der Waals surface area contributed by atoms with Gasteiger partial charge in [0.1, 0.15) is 19.0 Å². The largest absolute Gasteiger partial charge is 0.491 e. The predicted octanol–water partition coefficient (Wildman–Crippen LogP) is 2.14. The van der Waals surface area contributed by atoms with Crippen LogP contribution in [-0.4, -0.2) is 19.8 Å². The van der Waals surface area contributed by atoms with E-state index in [2.05, 4.69) is 12.2 Å². The SMILES string of the molecule is CCNCc1cccc(OCCF)c1. The fraction of sp³-hybridized carbons (Fsp3) is 0.455. The molecule has 0 saturated carbocycles. The second-order valence-corrected chi connectivity index (χ2v) is 2.97. The lowest BCUT2D eigenvalue weighted by Crippen LogP contribution is -2.11. The van der Waals surface area contributed by atoms with E-state index in [1.165, 1.54) is 0 Å². The third-order valence-corrected chi connectivity index (χ3v) is 1.82. The van der Waals surface area contributed by atoms with E-state index in [1.807, 2.05) is 24.3 Å². The first-order chi connectivity index (χ1) is 6.86. The summed E-state index contributed by atoms with van der Waals surface area (Å²) in [5.74, 6) is 0.734. The summed E-state index contributed by atoms with van der Waals surface area (Å²) in [5.41, 5.74) is 1.16. The summed E-state index contributed by atoms with van der Waals surface area (Å²) in [5, 5.41) is 3.22. The molecule has 1 aromatic rings. The Bertz CT molecular complexity index is 242. The Balaban J connectivity index is 2.50. The minimum atomic E-state index is -0.447. The number of halogens is 1. The Morgan fingerprint density at radius 3 is 3.00 bits per heavy atom. The molecule has 0 aliphatic rings. The molecule has 14 heavy (non-hydrogen) atoms. The van der Waals surface area contributed by atoms with Crippen LogP contribution in [0, 0.1) is 0 Å². The van der Waals surface area contributed by atoms with Gasteiger partial charge in [0.2, 0.25) is 0 Å². The minimum Gasteiger partial charge on any atom is -0.491 e. The third-order valence-electron chi connectivity index (χ3n) is 1.82. The zero-order valence-corrected chi connectivity index (χ0v) is 8.42. The standard InChI is InChI=1S/C11H16FNO/c1-2-13-9-10-4-3-5-11(8-10)14-7-6-12/h3-5,8,13H,2,6-7,9H2,1H3. The molecule has 1 rings (SSSR count). The van der Waals surface area contributed by atoms with Crippen LogP contribution in [0.1, 0.15) is 12.5 Å². The van der Waals surface area contributed by atoms with Crippen LogP contribution >= 0.6 is 0 Å². The Morgan fingerprint density at radius 1 is 1.43 bits per heavy atom. The van der Waals surface area contributed by atoms with Gasteiger partial charge in [0, 0.05) is 6.54 Å². The summed E-state index contributed by atoms with van der Waals surface area (Å²) in [7, 11) is 0. The normalized spacial score (nSPS) is 10.1. The number of hydrogen-bond acceptors (Lipinski definition) is 2. The number of rotatable bonds is 6. The van der Waals surface area contributed by atoms with E-state index in [0.717, 1.165) is 24.4 Å². The fourth-order valence-corrected chi connectivity index (χ4v) is 1.17. The maximum Gasteiger partial charge on any atom is 0.123 e. The molecular formula is C11H16FNO. The molecule has 3 heteroatoms. The van der Waals surface area contributed by atoms with Crippen LogP contribution in [0.4, 0.5) is 4.39 Å². The maximum absolute atomic E-state index is 11.8. The van der Waals surface area contributed by atoms with Crippen molar-refractivity contribution in [2.24, 2.45) is 0 Å². The first-order valence-corrected chi connectivity index (χ1v) is 4.85. The molecule has 0 unspecified atom stereocenters. The Hall–Kier alpha value is -1.09. The van der Waals surface area contributed by atoms with Gasteiger partial charge in [0.05, 0.1) is 0 Å². The Labute approximate surface area is 84.1 Å². The van der Waals surface area contributed by atoms with Gasteiger partial charge in [-0.2, -0.15) is 0 Å². The number of nitrogens with one attached hydrogen (secondary N) is 1. The van der Waals surface area contributed by atoms with Crippen molar-refractivity contribution < 1.29 is 9.13 Å². The van der Waals surface area contributed by atoms with E-state index in [9.17, 15) is 4.39 Å². The Morgan fingerprint density at radius 2 is 2.29 bits per heavy atom. The molecule has 0 aliphatic heterocycles. The lowest BCUT2D eigenvalue weighted by Gasteiger charge is -2.06. The lowest BCUT2D eigenvalue weighted by atomic mass is 10.2. The van der Waals surface area contributed by atoms with Crippen LogP contribution < -0.4 is 10.1 Å². The topological polar surface area (TPSA) is 21.3 Å². The van der Waals surface area contributed by atoms with Crippen LogP contribution in [0.25, 0.3) is 0 Å². The molecular weight excluding hydrogens is 181 g/mol. The highest BCUT2D eigenvalue weighted by Gasteiger charge is 1.95. The van der Waals surface area contributed by atoms with Gasteiger partial charge in [-0.1, -0.05) is 19.1 Å². The third kappa shape index (κ3) is 3.75. The van der Waals surface area contributed by atoms with Gasteiger partial charge in [-0.05, 0) is 24.2 Å². The average Bonchev–Trinajstić information content (AvgIpc) is 2.24. The van der Waals surface area contributed by atoms with Crippen LogP contribution in [0.5, 0.6) is 5.75 Å². The summed E-state index contributed by atoms with van der Waals surface area (Å²) in [6.45, 7) is 3.50. The molecule has 78 valence electrons. The van der Waals surface area contributed by atoms with Crippen molar-refractivity contribution in [2.75, 3.05) is 19.8 Å². The molecule has 0 radical (unpaired) electrons. The fourth-order valence-electron chi connectivity index (χ4n) is 1.17. The van der Waals surface area contributed by atoms with Crippen LogP contribution in [0.3, 0.4) is 0 Å². The van der Waals surface area contributed by atoms with Gasteiger partial charge >= 0.3 is 0 Å². The molecule has 0 bridgehead atoms. The van der Waals surface area contributed by atoms with Crippen molar-refractivity contribution in [1.82, 2.24) is 5.32 Å². The molecule has 0 heterocycles. The summed E-state index contributed by atoms with van der Waals surface area (Å²) in [6.07, 6.45) is 0. The smallest absolute Gasteiger partial charge is 0.123 e. The van der Waals surface area contributed by atoms with Gasteiger partial charge in [-0.15, -0.1) is 0 Å². The first-order valence-electron chi connectivity index (χ1n) is 4.85. The lowest BCUT2D eigenvalue weighted by molar-refractivity contribution is 0.273. The summed E-state index contributed by atoms with van der Waals surface area (Å²) in [4.78, 5) is 0. The quantitative estimate of drug-likeness (QED) is 0.754. The number of benzene rings is 1. The molecule has 0 amide bonds. The number of hydrogen-bond donors (Lipinski definition) is 1. The van der Waals surface area contributed by atoms with Crippen LogP contribution in [-0.2, 0) is 6.54 Å². The molecule has 2 nitrogen and oxygen atoms in total. The van der Waals surface area contributed by atoms with E-state index in [0.29, 0.717) is 0 Å².